The fourth-order valence-electron chi connectivity index (χ4n) is 3.95. The van der Waals surface area contributed by atoms with Crippen LogP contribution in [-0.2, 0) is 16.0 Å². The third-order valence-electron chi connectivity index (χ3n) is 5.52. The zero-order valence-electron chi connectivity index (χ0n) is 16.5. The number of para-hydroxylation sites is 1. The van der Waals surface area contributed by atoms with Crippen LogP contribution in [0, 0.1) is 0 Å². The van der Waals surface area contributed by atoms with E-state index in [1.54, 1.807) is 11.9 Å². The van der Waals surface area contributed by atoms with Crippen molar-refractivity contribution in [1.82, 2.24) is 9.71 Å². The van der Waals surface area contributed by atoms with Gasteiger partial charge in [0, 0.05) is 21.8 Å². The predicted octanol–water partition coefficient (Wildman–Crippen LogP) is 6.13. The summed E-state index contributed by atoms with van der Waals surface area (Å²) in [6, 6.07) is 14.6. The summed E-state index contributed by atoms with van der Waals surface area (Å²) in [6.45, 7) is 0. The number of benzene rings is 2. The molecule has 0 unspecified atom stereocenters. The number of fused-ring (bicyclic) bond motifs is 1. The van der Waals surface area contributed by atoms with E-state index in [9.17, 15) is 4.79 Å². The maximum atomic E-state index is 12.0. The molecule has 1 aliphatic rings. The van der Waals surface area contributed by atoms with Crippen LogP contribution in [0.15, 0.2) is 47.4 Å². The third-order valence-corrected chi connectivity index (χ3v) is 6.97. The fraction of sp³-hybridized carbons (Fsp3) is 0.348. The molecule has 2 N–H and O–H groups in total. The second kappa shape index (κ2) is 9.24. The fourth-order valence-corrected chi connectivity index (χ4v) is 5.06. The molecule has 1 heterocycles. The lowest BCUT2D eigenvalue weighted by Crippen LogP contribution is -2.25. The number of carbonyl (C=O) groups is 1. The maximum absolute atomic E-state index is 12.0. The molecule has 6 heteroatoms. The number of carbonyl (C=O) groups excluding carboxylic acids is 1. The molecule has 0 amide bonds. The lowest BCUT2D eigenvalue weighted by molar-refractivity contribution is -0.139. The van der Waals surface area contributed by atoms with Gasteiger partial charge >= 0.3 is 5.97 Å². The summed E-state index contributed by atoms with van der Waals surface area (Å²) in [5.41, 5.74) is 3.90. The molecule has 0 radical (unpaired) electrons. The van der Waals surface area contributed by atoms with Crippen LogP contribution in [0.25, 0.3) is 22.2 Å². The van der Waals surface area contributed by atoms with Gasteiger partial charge in [0.05, 0.1) is 24.2 Å². The summed E-state index contributed by atoms with van der Waals surface area (Å²) in [6.07, 6.45) is 6.57. The summed E-state index contributed by atoms with van der Waals surface area (Å²) in [5, 5.41) is 1.77. The number of esters is 1. The Bertz CT molecular complexity index is 1010. The van der Waals surface area contributed by atoms with E-state index in [-0.39, 0.29) is 12.4 Å². The first-order valence-electron chi connectivity index (χ1n) is 10.0. The smallest absolute Gasteiger partial charge is 0.310 e. The first kappa shape index (κ1) is 20.3. The highest BCUT2D eigenvalue weighted by molar-refractivity contribution is 7.97. The maximum Gasteiger partial charge on any atom is 0.310 e. The minimum absolute atomic E-state index is 0.223. The predicted molar refractivity (Wildman–Crippen MR) is 120 cm³/mol. The lowest BCUT2D eigenvalue weighted by Gasteiger charge is -2.22. The Morgan fingerprint density at radius 1 is 1.21 bits per heavy atom. The van der Waals surface area contributed by atoms with Gasteiger partial charge in [0.25, 0.3) is 0 Å². The van der Waals surface area contributed by atoms with Gasteiger partial charge in [-0.3, -0.25) is 9.52 Å². The highest BCUT2D eigenvalue weighted by Gasteiger charge is 2.18. The zero-order chi connectivity index (χ0) is 20.2. The average molecular weight is 429 g/mol. The number of ether oxygens (including phenoxy) is 1. The number of nitrogens with one attached hydrogen (secondary N) is 2. The van der Waals surface area contributed by atoms with Gasteiger partial charge in [-0.25, -0.2) is 0 Å². The van der Waals surface area contributed by atoms with E-state index >= 15 is 0 Å². The molecule has 3 aromatic rings. The molecule has 1 saturated carbocycles. The Morgan fingerprint density at radius 3 is 2.79 bits per heavy atom. The first-order valence-corrected chi connectivity index (χ1v) is 11.2. The second-order valence-electron chi connectivity index (χ2n) is 7.48. The van der Waals surface area contributed by atoms with Crippen LogP contribution in [0.5, 0.6) is 0 Å². The van der Waals surface area contributed by atoms with E-state index in [4.69, 9.17) is 16.3 Å². The van der Waals surface area contributed by atoms with E-state index in [0.29, 0.717) is 6.04 Å². The molecule has 29 heavy (non-hydrogen) atoms. The quantitative estimate of drug-likeness (QED) is 0.366. The third kappa shape index (κ3) is 4.63. The molecule has 0 aliphatic heterocycles. The van der Waals surface area contributed by atoms with Crippen LogP contribution < -0.4 is 4.72 Å². The van der Waals surface area contributed by atoms with E-state index in [1.165, 1.54) is 39.2 Å². The van der Waals surface area contributed by atoms with Gasteiger partial charge in [0.15, 0.2) is 0 Å². The highest BCUT2D eigenvalue weighted by atomic mass is 35.5. The van der Waals surface area contributed by atoms with Crippen molar-refractivity contribution < 1.29 is 9.53 Å². The molecule has 1 aromatic heterocycles. The van der Waals surface area contributed by atoms with Crippen molar-refractivity contribution in [1.29, 1.82) is 0 Å². The topological polar surface area (TPSA) is 54.1 Å². The van der Waals surface area contributed by atoms with Crippen LogP contribution in [0.3, 0.4) is 0 Å². The van der Waals surface area contributed by atoms with E-state index in [0.717, 1.165) is 37.6 Å². The molecule has 1 fully saturated rings. The largest absolute Gasteiger partial charge is 0.469 e. The number of aromatic amines is 1. The lowest BCUT2D eigenvalue weighted by atomic mass is 9.96. The molecule has 4 rings (SSSR count). The number of halogens is 1. The minimum Gasteiger partial charge on any atom is -0.469 e. The molecule has 2 aromatic carbocycles. The summed E-state index contributed by atoms with van der Waals surface area (Å²) in [5.74, 6) is -0.251. The van der Waals surface area contributed by atoms with Crippen molar-refractivity contribution in [3.8, 4) is 11.3 Å². The second-order valence-corrected chi connectivity index (χ2v) is 8.76. The van der Waals surface area contributed by atoms with Crippen LogP contribution in [0.1, 0.15) is 37.7 Å². The Hall–Kier alpha value is -1.95. The monoisotopic (exact) mass is 428 g/mol. The van der Waals surface area contributed by atoms with Gasteiger partial charge in [-0.05, 0) is 54.1 Å². The molecule has 4 nitrogen and oxygen atoms in total. The Balaban J connectivity index is 1.66. The Morgan fingerprint density at radius 2 is 2.00 bits per heavy atom. The Labute approximate surface area is 180 Å². The van der Waals surface area contributed by atoms with Gasteiger partial charge < -0.3 is 9.72 Å². The van der Waals surface area contributed by atoms with E-state index in [2.05, 4.69) is 15.8 Å². The van der Waals surface area contributed by atoms with Crippen LogP contribution in [-0.4, -0.2) is 24.1 Å². The first-order chi connectivity index (χ1) is 14.2. The van der Waals surface area contributed by atoms with E-state index < -0.39 is 0 Å². The molecular weight excluding hydrogens is 404 g/mol. The molecule has 0 saturated heterocycles. The minimum atomic E-state index is -0.251. The van der Waals surface area contributed by atoms with Crippen molar-refractivity contribution in [2.24, 2.45) is 0 Å². The van der Waals surface area contributed by atoms with Crippen LogP contribution in [0.4, 0.5) is 0 Å². The Kier molecular flexibility index (Phi) is 6.48. The van der Waals surface area contributed by atoms with Gasteiger partial charge in [-0.2, -0.15) is 0 Å². The normalized spacial score (nSPS) is 15.0. The standard InChI is InChI=1S/C23H25ClN2O2S/c1-28-22(27)14-18-17-9-5-6-10-20(17)25-23(18)15-11-12-19(24)21(13-15)29-26-16-7-3-2-4-8-16/h5-6,9-13,16,25-26H,2-4,7-8,14H2,1H3. The number of aromatic nitrogens is 1. The highest BCUT2D eigenvalue weighted by Crippen LogP contribution is 2.35. The van der Waals surface area contributed by atoms with Crippen molar-refractivity contribution in [3.63, 3.8) is 0 Å². The molecular formula is C23H25ClN2O2S. The van der Waals surface area contributed by atoms with Gasteiger partial charge in [0.2, 0.25) is 0 Å². The van der Waals surface area contributed by atoms with Gasteiger partial charge in [0.1, 0.15) is 0 Å². The average Bonchev–Trinajstić information content (AvgIpc) is 3.12. The molecule has 152 valence electrons. The SMILES string of the molecule is COC(=O)Cc1c(-c2ccc(Cl)c(SNC3CCCCC3)c2)[nH]c2ccccc12. The summed E-state index contributed by atoms with van der Waals surface area (Å²) in [4.78, 5) is 16.5. The number of H-pyrrole nitrogens is 1. The van der Waals surface area contributed by atoms with Crippen LogP contribution in [0.2, 0.25) is 5.02 Å². The van der Waals surface area contributed by atoms with Crippen LogP contribution >= 0.6 is 23.5 Å². The van der Waals surface area contributed by atoms with Crippen molar-refractivity contribution in [2.75, 3.05) is 7.11 Å². The molecule has 0 bridgehead atoms. The van der Waals surface area contributed by atoms with E-state index in [1.807, 2.05) is 36.4 Å². The number of hydrogen-bond acceptors (Lipinski definition) is 4. The molecule has 0 atom stereocenters. The van der Waals surface area contributed by atoms with Gasteiger partial charge in [-0.15, -0.1) is 0 Å². The van der Waals surface area contributed by atoms with Crippen molar-refractivity contribution in [3.05, 3.63) is 53.1 Å². The molecule has 0 spiro atoms. The molecule has 1 aliphatic carbocycles. The van der Waals surface area contributed by atoms with Crippen molar-refractivity contribution in [2.45, 2.75) is 49.5 Å². The number of rotatable bonds is 6. The summed E-state index contributed by atoms with van der Waals surface area (Å²) in [7, 11) is 1.42. The summed E-state index contributed by atoms with van der Waals surface area (Å²) >= 11 is 8.09. The van der Waals surface area contributed by atoms with Gasteiger partial charge in [-0.1, -0.05) is 55.1 Å². The zero-order valence-corrected chi connectivity index (χ0v) is 18.0. The summed E-state index contributed by atoms with van der Waals surface area (Å²) < 4.78 is 8.51. The van der Waals surface area contributed by atoms with Crippen molar-refractivity contribution >= 4 is 40.4 Å². The number of methoxy groups -OCH3 is 1. The number of hydrogen-bond donors (Lipinski definition) is 2.